The number of carbonyl (C=O) groups is 1. The van der Waals surface area contributed by atoms with Gasteiger partial charge in [-0.25, -0.2) is 0 Å². The third kappa shape index (κ3) is 2.47. The number of nitrogens with zero attached hydrogens (tertiary/aromatic N) is 1. The molecule has 1 heterocycles. The van der Waals surface area contributed by atoms with Crippen LogP contribution in [-0.2, 0) is 9.53 Å². The minimum absolute atomic E-state index is 0.0920. The smallest absolute Gasteiger partial charge is 0.225 e. The van der Waals surface area contributed by atoms with E-state index in [1.807, 2.05) is 25.7 Å². The Bertz CT molecular complexity index is 203. The molecule has 0 aromatic heterocycles. The topological polar surface area (TPSA) is 29.5 Å². The van der Waals surface area contributed by atoms with Crippen molar-refractivity contribution in [3.8, 4) is 0 Å². The number of hydrogen-bond acceptors (Lipinski definition) is 2. The van der Waals surface area contributed by atoms with Crippen LogP contribution < -0.4 is 0 Å². The van der Waals surface area contributed by atoms with Crippen molar-refractivity contribution in [2.24, 2.45) is 5.92 Å². The van der Waals surface area contributed by atoms with Crippen LogP contribution in [0.5, 0.6) is 0 Å². The zero-order valence-electron chi connectivity index (χ0n) is 9.62. The second-order valence-corrected chi connectivity index (χ2v) is 4.35. The van der Waals surface area contributed by atoms with Crippen molar-refractivity contribution in [1.82, 2.24) is 4.90 Å². The zero-order valence-corrected chi connectivity index (χ0v) is 9.62. The van der Waals surface area contributed by atoms with Gasteiger partial charge in [0.25, 0.3) is 0 Å². The van der Waals surface area contributed by atoms with Gasteiger partial charge in [-0.3, -0.25) is 4.79 Å². The number of rotatable bonds is 2. The highest BCUT2D eigenvalue weighted by atomic mass is 16.5. The maximum atomic E-state index is 11.9. The van der Waals surface area contributed by atoms with Gasteiger partial charge in [0.2, 0.25) is 5.91 Å². The molecule has 0 bridgehead atoms. The average Bonchev–Trinajstić information content (AvgIpc) is 2.16. The fraction of sp³-hybridized carbons (Fsp3) is 0.909. The summed E-state index contributed by atoms with van der Waals surface area (Å²) in [6, 6.07) is 0.279. The molecule has 0 N–H and O–H groups in total. The van der Waals surface area contributed by atoms with Crippen LogP contribution in [0.15, 0.2) is 0 Å². The normalized spacial score (nSPS) is 28.2. The molecule has 2 atom stereocenters. The average molecular weight is 199 g/mol. The fourth-order valence-corrected chi connectivity index (χ4v) is 1.78. The monoisotopic (exact) mass is 199 g/mol. The number of morpholine rings is 1. The summed E-state index contributed by atoms with van der Waals surface area (Å²) in [5, 5.41) is 0. The summed E-state index contributed by atoms with van der Waals surface area (Å²) in [7, 11) is 0. The van der Waals surface area contributed by atoms with E-state index in [4.69, 9.17) is 4.74 Å². The van der Waals surface area contributed by atoms with Crippen molar-refractivity contribution >= 4 is 5.91 Å². The van der Waals surface area contributed by atoms with Crippen LogP contribution in [0, 0.1) is 5.92 Å². The summed E-state index contributed by atoms with van der Waals surface area (Å²) in [5.41, 5.74) is 0. The Morgan fingerprint density at radius 1 is 1.57 bits per heavy atom. The first kappa shape index (κ1) is 11.5. The Morgan fingerprint density at radius 2 is 2.21 bits per heavy atom. The SMILES string of the molecule is CCC1COC(C)CN1C(=O)C(C)C. The Labute approximate surface area is 86.4 Å². The molecule has 0 spiro atoms. The molecule has 1 aliphatic rings. The molecule has 82 valence electrons. The molecule has 2 unspecified atom stereocenters. The summed E-state index contributed by atoms with van der Waals surface area (Å²) < 4.78 is 5.55. The van der Waals surface area contributed by atoms with Crippen molar-refractivity contribution in [1.29, 1.82) is 0 Å². The molecule has 0 aliphatic carbocycles. The van der Waals surface area contributed by atoms with Gasteiger partial charge in [-0.2, -0.15) is 0 Å². The maximum Gasteiger partial charge on any atom is 0.225 e. The first-order chi connectivity index (χ1) is 6.56. The lowest BCUT2D eigenvalue weighted by Gasteiger charge is -2.39. The van der Waals surface area contributed by atoms with E-state index in [1.54, 1.807) is 0 Å². The third-order valence-electron chi connectivity index (χ3n) is 2.72. The van der Waals surface area contributed by atoms with Crippen molar-refractivity contribution < 1.29 is 9.53 Å². The molecule has 0 radical (unpaired) electrons. The number of carbonyl (C=O) groups excluding carboxylic acids is 1. The van der Waals surface area contributed by atoms with E-state index in [-0.39, 0.29) is 24.0 Å². The van der Waals surface area contributed by atoms with E-state index in [2.05, 4.69) is 6.92 Å². The van der Waals surface area contributed by atoms with Gasteiger partial charge in [-0.05, 0) is 13.3 Å². The van der Waals surface area contributed by atoms with E-state index in [1.165, 1.54) is 0 Å². The Balaban J connectivity index is 2.65. The summed E-state index contributed by atoms with van der Waals surface area (Å²) in [5.74, 6) is 0.348. The first-order valence-electron chi connectivity index (χ1n) is 5.48. The minimum Gasteiger partial charge on any atom is -0.375 e. The fourth-order valence-electron chi connectivity index (χ4n) is 1.78. The minimum atomic E-state index is 0.0920. The molecule has 1 aliphatic heterocycles. The molecule has 0 aromatic carbocycles. The van der Waals surface area contributed by atoms with E-state index in [9.17, 15) is 4.79 Å². The predicted octanol–water partition coefficient (Wildman–Crippen LogP) is 1.67. The van der Waals surface area contributed by atoms with Gasteiger partial charge in [0.1, 0.15) is 0 Å². The predicted molar refractivity (Wildman–Crippen MR) is 56.0 cm³/mol. The van der Waals surface area contributed by atoms with Crippen LogP contribution in [0.2, 0.25) is 0 Å². The second-order valence-electron chi connectivity index (χ2n) is 4.35. The highest BCUT2D eigenvalue weighted by Gasteiger charge is 2.30. The van der Waals surface area contributed by atoms with Crippen LogP contribution in [0.1, 0.15) is 34.1 Å². The lowest BCUT2D eigenvalue weighted by atomic mass is 10.1. The van der Waals surface area contributed by atoms with Gasteiger partial charge >= 0.3 is 0 Å². The molecular weight excluding hydrogens is 178 g/mol. The molecule has 1 saturated heterocycles. The van der Waals surface area contributed by atoms with Crippen molar-refractivity contribution in [2.75, 3.05) is 13.2 Å². The van der Waals surface area contributed by atoms with Crippen LogP contribution in [0.25, 0.3) is 0 Å². The number of ether oxygens (including phenoxy) is 1. The lowest BCUT2D eigenvalue weighted by Crippen LogP contribution is -2.52. The van der Waals surface area contributed by atoms with E-state index >= 15 is 0 Å². The van der Waals surface area contributed by atoms with Crippen LogP contribution >= 0.6 is 0 Å². The highest BCUT2D eigenvalue weighted by Crippen LogP contribution is 2.16. The summed E-state index contributed by atoms with van der Waals surface area (Å²) in [6.45, 7) is 9.47. The van der Waals surface area contributed by atoms with Crippen molar-refractivity contribution in [2.45, 2.75) is 46.3 Å². The third-order valence-corrected chi connectivity index (χ3v) is 2.72. The molecule has 3 heteroatoms. The molecule has 14 heavy (non-hydrogen) atoms. The van der Waals surface area contributed by atoms with Gasteiger partial charge in [-0.15, -0.1) is 0 Å². The van der Waals surface area contributed by atoms with Crippen molar-refractivity contribution in [3.05, 3.63) is 0 Å². The van der Waals surface area contributed by atoms with Gasteiger partial charge in [-0.1, -0.05) is 20.8 Å². The van der Waals surface area contributed by atoms with Gasteiger partial charge in [0.05, 0.1) is 18.8 Å². The largest absolute Gasteiger partial charge is 0.375 e. The summed E-state index contributed by atoms with van der Waals surface area (Å²) in [6.07, 6.45) is 1.16. The standard InChI is InChI=1S/C11H21NO2/c1-5-10-7-14-9(4)6-12(10)11(13)8(2)3/h8-10H,5-7H2,1-4H3. The van der Waals surface area contributed by atoms with E-state index in [0.29, 0.717) is 6.61 Å². The summed E-state index contributed by atoms with van der Waals surface area (Å²) in [4.78, 5) is 13.9. The maximum absolute atomic E-state index is 11.9. The van der Waals surface area contributed by atoms with Gasteiger partial charge < -0.3 is 9.64 Å². The Hall–Kier alpha value is -0.570. The number of hydrogen-bond donors (Lipinski definition) is 0. The molecule has 0 aromatic rings. The zero-order chi connectivity index (χ0) is 10.7. The molecule has 1 fully saturated rings. The lowest BCUT2D eigenvalue weighted by molar-refractivity contribution is -0.147. The molecule has 1 rings (SSSR count). The van der Waals surface area contributed by atoms with Gasteiger partial charge in [0.15, 0.2) is 0 Å². The summed E-state index contributed by atoms with van der Waals surface area (Å²) >= 11 is 0. The van der Waals surface area contributed by atoms with Crippen LogP contribution in [0.3, 0.4) is 0 Å². The number of amides is 1. The Morgan fingerprint density at radius 3 is 2.71 bits per heavy atom. The van der Waals surface area contributed by atoms with Gasteiger partial charge in [0, 0.05) is 12.5 Å². The molecule has 3 nitrogen and oxygen atoms in total. The van der Waals surface area contributed by atoms with Crippen LogP contribution in [-0.4, -0.2) is 36.1 Å². The first-order valence-corrected chi connectivity index (χ1v) is 5.48. The van der Waals surface area contributed by atoms with Crippen LogP contribution in [0.4, 0.5) is 0 Å². The van der Waals surface area contributed by atoms with Crippen molar-refractivity contribution in [3.63, 3.8) is 0 Å². The second kappa shape index (κ2) is 4.78. The Kier molecular flexibility index (Phi) is 3.93. The molecule has 0 saturated carbocycles. The van der Waals surface area contributed by atoms with E-state index in [0.717, 1.165) is 13.0 Å². The molecule has 1 amide bonds. The molecular formula is C11H21NO2. The van der Waals surface area contributed by atoms with E-state index < -0.39 is 0 Å². The quantitative estimate of drug-likeness (QED) is 0.677. The highest BCUT2D eigenvalue weighted by molar-refractivity contribution is 5.78.